The van der Waals surface area contributed by atoms with E-state index in [2.05, 4.69) is 5.10 Å². The molecule has 0 unspecified atom stereocenters. The Morgan fingerprint density at radius 3 is 2.50 bits per heavy atom. The molecule has 2 rings (SSSR count). The molecule has 0 radical (unpaired) electrons. The van der Waals surface area contributed by atoms with Gasteiger partial charge in [-0.2, -0.15) is 18.3 Å². The number of hydrogen-bond donors (Lipinski definition) is 0. The van der Waals surface area contributed by atoms with E-state index in [4.69, 9.17) is 0 Å². The molecule has 0 amide bonds. The molecule has 0 fully saturated rings. The minimum absolute atomic E-state index is 0.0995. The Hall–Kier alpha value is -2.11. The zero-order valence-corrected chi connectivity index (χ0v) is 9.40. The van der Waals surface area contributed by atoms with Crippen LogP contribution < -0.4 is 0 Å². The molecule has 0 aliphatic carbocycles. The summed E-state index contributed by atoms with van der Waals surface area (Å²) in [6.07, 6.45) is -1.93. The van der Waals surface area contributed by atoms with E-state index in [1.807, 2.05) is 0 Å². The lowest BCUT2D eigenvalue weighted by Crippen LogP contribution is -2.10. The van der Waals surface area contributed by atoms with Gasteiger partial charge >= 0.3 is 6.18 Å². The molecular formula is C12H9F3N2O. The second kappa shape index (κ2) is 4.29. The Morgan fingerprint density at radius 2 is 1.94 bits per heavy atom. The zero-order valence-electron chi connectivity index (χ0n) is 9.40. The first kappa shape index (κ1) is 12.3. The van der Waals surface area contributed by atoms with E-state index in [9.17, 15) is 18.0 Å². The second-order valence-corrected chi connectivity index (χ2v) is 3.74. The summed E-state index contributed by atoms with van der Waals surface area (Å²) in [4.78, 5) is 11.1. The minimum Gasteiger partial charge on any atom is -0.294 e. The first-order valence-corrected chi connectivity index (χ1v) is 5.12. The van der Waals surface area contributed by atoms with Crippen molar-refractivity contribution < 1.29 is 18.0 Å². The summed E-state index contributed by atoms with van der Waals surface area (Å²) < 4.78 is 39.4. The Labute approximate surface area is 101 Å². The van der Waals surface area contributed by atoms with Gasteiger partial charge in [-0.3, -0.25) is 4.79 Å². The molecule has 1 heterocycles. The van der Waals surface area contributed by atoms with Gasteiger partial charge in [-0.25, -0.2) is 4.68 Å². The van der Waals surface area contributed by atoms with Crippen molar-refractivity contribution in [3.63, 3.8) is 0 Å². The Morgan fingerprint density at radius 1 is 1.28 bits per heavy atom. The summed E-state index contributed by atoms with van der Waals surface area (Å²) >= 11 is 0. The normalized spacial score (nSPS) is 11.6. The average molecular weight is 254 g/mol. The summed E-state index contributed by atoms with van der Waals surface area (Å²) in [5.74, 6) is -0.245. The number of nitrogens with zero attached hydrogens (tertiary/aromatic N) is 2. The fraction of sp³-hybridized carbons (Fsp3) is 0.167. The van der Waals surface area contributed by atoms with E-state index in [0.717, 1.165) is 10.7 Å². The molecule has 2 aromatic rings. The van der Waals surface area contributed by atoms with E-state index in [1.54, 1.807) is 0 Å². The number of benzene rings is 1. The average Bonchev–Trinajstić information content (AvgIpc) is 2.77. The molecule has 0 bridgehead atoms. The van der Waals surface area contributed by atoms with Gasteiger partial charge in [0.25, 0.3) is 0 Å². The van der Waals surface area contributed by atoms with Crippen molar-refractivity contribution in [2.24, 2.45) is 0 Å². The summed E-state index contributed by atoms with van der Waals surface area (Å²) in [5, 5.41) is 3.78. The minimum atomic E-state index is -4.46. The fourth-order valence-electron chi connectivity index (χ4n) is 1.55. The number of aromatic nitrogens is 2. The lowest BCUT2D eigenvalue weighted by atomic mass is 10.1. The second-order valence-electron chi connectivity index (χ2n) is 3.74. The summed E-state index contributed by atoms with van der Waals surface area (Å²) in [6, 6.07) is 5.07. The van der Waals surface area contributed by atoms with Gasteiger partial charge in [0.1, 0.15) is 0 Å². The lowest BCUT2D eigenvalue weighted by molar-refractivity contribution is -0.137. The predicted molar refractivity (Wildman–Crippen MR) is 58.6 cm³/mol. The maximum atomic E-state index is 12.8. The molecule has 94 valence electrons. The van der Waals surface area contributed by atoms with Gasteiger partial charge in [0.15, 0.2) is 5.78 Å². The number of carbonyl (C=O) groups excluding carboxylic acids is 1. The van der Waals surface area contributed by atoms with Crippen LogP contribution in [0.2, 0.25) is 0 Å². The molecule has 1 aromatic carbocycles. The van der Waals surface area contributed by atoms with Crippen LogP contribution in [0, 0.1) is 0 Å². The Bertz CT molecular complexity index is 587. The molecule has 0 spiro atoms. The van der Waals surface area contributed by atoms with Crippen molar-refractivity contribution in [2.75, 3.05) is 0 Å². The number of ketones is 1. The third-order valence-electron chi connectivity index (χ3n) is 2.45. The van der Waals surface area contributed by atoms with Crippen LogP contribution >= 0.6 is 0 Å². The molecule has 0 N–H and O–H groups in total. The van der Waals surface area contributed by atoms with Crippen LogP contribution in [0.5, 0.6) is 0 Å². The van der Waals surface area contributed by atoms with Crippen molar-refractivity contribution in [2.45, 2.75) is 13.1 Å². The number of hydrogen-bond acceptors (Lipinski definition) is 2. The van der Waals surface area contributed by atoms with E-state index < -0.39 is 11.7 Å². The molecule has 3 nitrogen and oxygen atoms in total. The zero-order chi connectivity index (χ0) is 13.3. The van der Waals surface area contributed by atoms with Gasteiger partial charge in [0.2, 0.25) is 0 Å². The molecular weight excluding hydrogens is 245 g/mol. The van der Waals surface area contributed by atoms with Crippen LogP contribution in [0.3, 0.4) is 0 Å². The van der Waals surface area contributed by atoms with Gasteiger partial charge < -0.3 is 0 Å². The molecule has 0 aliphatic heterocycles. The largest absolute Gasteiger partial charge is 0.418 e. The first-order valence-electron chi connectivity index (χ1n) is 5.12. The van der Waals surface area contributed by atoms with Crippen molar-refractivity contribution in [1.29, 1.82) is 0 Å². The third kappa shape index (κ3) is 2.27. The summed E-state index contributed by atoms with van der Waals surface area (Å²) in [6.45, 7) is 1.33. The van der Waals surface area contributed by atoms with Crippen molar-refractivity contribution in [3.8, 4) is 5.69 Å². The third-order valence-corrected chi connectivity index (χ3v) is 2.45. The van der Waals surface area contributed by atoms with Gasteiger partial charge in [0, 0.05) is 6.20 Å². The highest BCUT2D eigenvalue weighted by Crippen LogP contribution is 2.33. The Kier molecular flexibility index (Phi) is 2.94. The summed E-state index contributed by atoms with van der Waals surface area (Å²) in [7, 11) is 0. The van der Waals surface area contributed by atoms with Gasteiger partial charge in [0.05, 0.1) is 23.0 Å². The quantitative estimate of drug-likeness (QED) is 0.772. The highest BCUT2D eigenvalue weighted by molar-refractivity contribution is 5.93. The molecule has 18 heavy (non-hydrogen) atoms. The van der Waals surface area contributed by atoms with Gasteiger partial charge in [-0.15, -0.1) is 0 Å². The van der Waals surface area contributed by atoms with E-state index in [0.29, 0.717) is 0 Å². The molecule has 0 atom stereocenters. The maximum absolute atomic E-state index is 12.8. The number of para-hydroxylation sites is 1. The number of alkyl halides is 3. The number of rotatable bonds is 2. The van der Waals surface area contributed by atoms with Gasteiger partial charge in [-0.05, 0) is 19.1 Å². The number of carbonyl (C=O) groups is 1. The molecule has 0 aliphatic rings. The van der Waals surface area contributed by atoms with Crippen LogP contribution in [0.15, 0.2) is 36.7 Å². The molecule has 0 saturated carbocycles. The highest BCUT2D eigenvalue weighted by Gasteiger charge is 2.33. The van der Waals surface area contributed by atoms with Crippen LogP contribution in [-0.4, -0.2) is 15.6 Å². The van der Waals surface area contributed by atoms with Crippen LogP contribution in [-0.2, 0) is 6.18 Å². The van der Waals surface area contributed by atoms with Crippen molar-refractivity contribution >= 4 is 5.78 Å². The topological polar surface area (TPSA) is 34.9 Å². The van der Waals surface area contributed by atoms with E-state index >= 15 is 0 Å². The van der Waals surface area contributed by atoms with Crippen LogP contribution in [0.1, 0.15) is 22.8 Å². The molecule has 1 aromatic heterocycles. The van der Waals surface area contributed by atoms with E-state index in [-0.39, 0.29) is 17.0 Å². The Balaban J connectivity index is 2.53. The lowest BCUT2D eigenvalue weighted by Gasteiger charge is -2.12. The standard InChI is InChI=1S/C12H9F3N2O/c1-8(18)9-6-16-17(7-9)11-5-3-2-4-10(11)12(13,14)15/h2-7H,1H3. The predicted octanol–water partition coefficient (Wildman–Crippen LogP) is 3.09. The monoisotopic (exact) mass is 254 g/mol. The van der Waals surface area contributed by atoms with Crippen molar-refractivity contribution in [3.05, 3.63) is 47.8 Å². The van der Waals surface area contributed by atoms with Gasteiger partial charge in [-0.1, -0.05) is 12.1 Å². The van der Waals surface area contributed by atoms with Crippen LogP contribution in [0.4, 0.5) is 13.2 Å². The molecule has 6 heteroatoms. The van der Waals surface area contributed by atoms with Crippen LogP contribution in [0.25, 0.3) is 5.69 Å². The fourth-order valence-corrected chi connectivity index (χ4v) is 1.55. The SMILES string of the molecule is CC(=O)c1cnn(-c2ccccc2C(F)(F)F)c1. The first-order chi connectivity index (χ1) is 8.39. The number of halogens is 3. The summed E-state index contributed by atoms with van der Waals surface area (Å²) in [5.41, 5.74) is -0.618. The smallest absolute Gasteiger partial charge is 0.294 e. The number of Topliss-reactive ketones (excluding diaryl/α,β-unsaturated/α-hetero) is 1. The van der Waals surface area contributed by atoms with Crippen molar-refractivity contribution in [1.82, 2.24) is 9.78 Å². The highest BCUT2D eigenvalue weighted by atomic mass is 19.4. The van der Waals surface area contributed by atoms with E-state index in [1.165, 1.54) is 37.5 Å². The molecule has 0 saturated heterocycles. The maximum Gasteiger partial charge on any atom is 0.418 e.